The fourth-order valence-electron chi connectivity index (χ4n) is 2.08. The first-order valence-corrected chi connectivity index (χ1v) is 8.80. The van der Waals surface area contributed by atoms with E-state index in [2.05, 4.69) is 34.6 Å². The molecule has 22 heavy (non-hydrogen) atoms. The van der Waals surface area contributed by atoms with Crippen LogP contribution in [0.2, 0.25) is 0 Å². The largest absolute Gasteiger partial charge is 0.292 e. The highest BCUT2D eigenvalue weighted by atomic mass is 32.1. The van der Waals surface area contributed by atoms with E-state index in [1.54, 1.807) is 11.3 Å². The highest BCUT2D eigenvalue weighted by Gasteiger charge is 2.21. The predicted octanol–water partition coefficient (Wildman–Crippen LogP) is 4.54. The predicted molar refractivity (Wildman–Crippen MR) is 93.8 cm³/mol. The van der Waals surface area contributed by atoms with Gasteiger partial charge in [-0.3, -0.25) is 9.36 Å². The summed E-state index contributed by atoms with van der Waals surface area (Å²) in [6, 6.07) is 8.44. The Balaban J connectivity index is 2.15. The van der Waals surface area contributed by atoms with Crippen molar-refractivity contribution in [3.05, 3.63) is 45.5 Å². The van der Waals surface area contributed by atoms with Crippen LogP contribution in [0.1, 0.15) is 25.6 Å². The number of benzene rings is 1. The summed E-state index contributed by atoms with van der Waals surface area (Å²) in [6.45, 7) is 7.70. The first-order valence-electron chi connectivity index (χ1n) is 7.10. The van der Waals surface area contributed by atoms with Gasteiger partial charge in [-0.25, -0.2) is 0 Å². The topological polar surface area (TPSA) is 34.4 Å². The van der Waals surface area contributed by atoms with Crippen molar-refractivity contribution < 1.29 is 4.79 Å². The highest BCUT2D eigenvalue weighted by molar-refractivity contribution is 7.17. The standard InChI is InChI=1S/C17H18N2OS2/c1-11-10-19(16(22-11)18-15(20)17(2,3)4)13-5-6-14-12(9-13)7-8-21-14/h5-10H,1-4H3. The molecule has 2 aromatic heterocycles. The van der Waals surface area contributed by atoms with Crippen LogP contribution in [0.5, 0.6) is 0 Å². The van der Waals surface area contributed by atoms with Gasteiger partial charge in [-0.1, -0.05) is 20.8 Å². The van der Waals surface area contributed by atoms with Crippen molar-refractivity contribution in [3.8, 4) is 5.69 Å². The fraction of sp³-hybridized carbons (Fsp3) is 0.294. The van der Waals surface area contributed by atoms with Gasteiger partial charge in [0.15, 0.2) is 4.80 Å². The third-order valence-corrected chi connectivity index (χ3v) is 5.12. The molecule has 0 atom stereocenters. The zero-order valence-corrected chi connectivity index (χ0v) is 14.7. The van der Waals surface area contributed by atoms with E-state index in [0.29, 0.717) is 0 Å². The summed E-state index contributed by atoms with van der Waals surface area (Å²) in [5.74, 6) is -0.0975. The first-order chi connectivity index (χ1) is 10.3. The van der Waals surface area contributed by atoms with Gasteiger partial charge in [0.2, 0.25) is 0 Å². The minimum atomic E-state index is -0.465. The number of nitrogens with zero attached hydrogens (tertiary/aromatic N) is 2. The third kappa shape index (κ3) is 2.91. The van der Waals surface area contributed by atoms with Crippen LogP contribution in [0.15, 0.2) is 40.8 Å². The zero-order valence-electron chi connectivity index (χ0n) is 13.1. The lowest BCUT2D eigenvalue weighted by Gasteiger charge is -2.11. The Morgan fingerprint density at radius 2 is 2.00 bits per heavy atom. The smallest absolute Gasteiger partial charge is 0.253 e. The number of hydrogen-bond donors (Lipinski definition) is 0. The van der Waals surface area contributed by atoms with E-state index in [1.165, 1.54) is 21.4 Å². The van der Waals surface area contributed by atoms with Gasteiger partial charge in [0.25, 0.3) is 5.91 Å². The van der Waals surface area contributed by atoms with Gasteiger partial charge in [0, 0.05) is 26.9 Å². The summed E-state index contributed by atoms with van der Waals surface area (Å²) < 4.78 is 3.27. The number of carbonyl (C=O) groups excluding carboxylic acids is 1. The number of rotatable bonds is 1. The Bertz CT molecular complexity index is 907. The van der Waals surface area contributed by atoms with E-state index in [0.717, 1.165) is 15.4 Å². The fourth-order valence-corrected chi connectivity index (χ4v) is 3.68. The van der Waals surface area contributed by atoms with E-state index < -0.39 is 5.41 Å². The molecule has 0 aliphatic heterocycles. The van der Waals surface area contributed by atoms with Crippen LogP contribution in [-0.2, 0) is 4.79 Å². The van der Waals surface area contributed by atoms with Crippen molar-refractivity contribution in [1.82, 2.24) is 4.57 Å². The molecule has 3 nitrogen and oxygen atoms in total. The van der Waals surface area contributed by atoms with Crippen molar-refractivity contribution in [2.75, 3.05) is 0 Å². The molecule has 0 aliphatic rings. The van der Waals surface area contributed by atoms with E-state index in [4.69, 9.17) is 0 Å². The molecule has 5 heteroatoms. The lowest BCUT2D eigenvalue weighted by molar-refractivity contribution is -0.125. The maximum absolute atomic E-state index is 12.2. The normalized spacial score (nSPS) is 13.0. The molecule has 0 radical (unpaired) electrons. The maximum atomic E-state index is 12.2. The summed E-state index contributed by atoms with van der Waals surface area (Å²) >= 11 is 3.27. The number of thiazole rings is 1. The van der Waals surface area contributed by atoms with Crippen molar-refractivity contribution in [2.24, 2.45) is 10.4 Å². The van der Waals surface area contributed by atoms with Gasteiger partial charge in [-0.15, -0.1) is 22.7 Å². The number of aromatic nitrogens is 1. The zero-order chi connectivity index (χ0) is 15.9. The van der Waals surface area contributed by atoms with Crippen LogP contribution in [0.3, 0.4) is 0 Å². The van der Waals surface area contributed by atoms with Gasteiger partial charge < -0.3 is 0 Å². The minimum Gasteiger partial charge on any atom is -0.292 e. The number of hydrogen-bond acceptors (Lipinski definition) is 3. The molecular weight excluding hydrogens is 312 g/mol. The summed E-state index contributed by atoms with van der Waals surface area (Å²) in [4.78, 5) is 18.4. The molecule has 0 N–H and O–H groups in total. The van der Waals surface area contributed by atoms with E-state index in [-0.39, 0.29) is 5.91 Å². The average molecular weight is 330 g/mol. The van der Waals surface area contributed by atoms with Crippen LogP contribution in [0.4, 0.5) is 0 Å². The summed E-state index contributed by atoms with van der Waals surface area (Å²) in [6.07, 6.45) is 2.03. The molecule has 3 rings (SSSR count). The van der Waals surface area contributed by atoms with Crippen molar-refractivity contribution in [2.45, 2.75) is 27.7 Å². The Hall–Kier alpha value is -1.72. The van der Waals surface area contributed by atoms with Crippen molar-refractivity contribution in [1.29, 1.82) is 0 Å². The van der Waals surface area contributed by atoms with E-state index >= 15 is 0 Å². The second-order valence-corrected chi connectivity index (χ2v) is 8.46. The third-order valence-electron chi connectivity index (χ3n) is 3.32. The molecule has 0 spiro atoms. The SMILES string of the molecule is Cc1cn(-c2ccc3sccc3c2)c(=NC(=O)C(C)(C)C)s1. The number of carbonyl (C=O) groups is 1. The van der Waals surface area contributed by atoms with Crippen LogP contribution >= 0.6 is 22.7 Å². The molecule has 0 saturated carbocycles. The van der Waals surface area contributed by atoms with Crippen molar-refractivity contribution >= 4 is 38.7 Å². The number of thiophene rings is 1. The lowest BCUT2D eigenvalue weighted by atomic mass is 9.96. The molecule has 0 unspecified atom stereocenters. The lowest BCUT2D eigenvalue weighted by Crippen LogP contribution is -2.22. The number of fused-ring (bicyclic) bond motifs is 1. The molecule has 0 fully saturated rings. The van der Waals surface area contributed by atoms with Gasteiger partial charge in [-0.05, 0) is 42.0 Å². The Kier molecular flexibility index (Phi) is 3.78. The monoisotopic (exact) mass is 330 g/mol. The van der Waals surface area contributed by atoms with Crippen LogP contribution in [-0.4, -0.2) is 10.5 Å². The average Bonchev–Trinajstić information content (AvgIpc) is 3.03. The molecule has 3 aromatic rings. The van der Waals surface area contributed by atoms with Gasteiger partial charge in [-0.2, -0.15) is 4.99 Å². The minimum absolute atomic E-state index is 0.0975. The molecule has 114 valence electrons. The molecule has 2 heterocycles. The van der Waals surface area contributed by atoms with Gasteiger partial charge in [0.1, 0.15) is 0 Å². The van der Waals surface area contributed by atoms with Crippen LogP contribution in [0.25, 0.3) is 15.8 Å². The Morgan fingerprint density at radius 1 is 1.23 bits per heavy atom. The van der Waals surface area contributed by atoms with E-state index in [1.807, 2.05) is 38.5 Å². The summed E-state index contributed by atoms with van der Waals surface area (Å²) in [5, 5.41) is 3.30. The summed E-state index contributed by atoms with van der Waals surface area (Å²) in [5.41, 5.74) is 0.572. The molecule has 0 bridgehead atoms. The van der Waals surface area contributed by atoms with Gasteiger partial charge in [0.05, 0.1) is 0 Å². The molecule has 1 aromatic carbocycles. The van der Waals surface area contributed by atoms with Crippen LogP contribution < -0.4 is 4.80 Å². The Labute approximate surface area is 137 Å². The highest BCUT2D eigenvalue weighted by Crippen LogP contribution is 2.23. The van der Waals surface area contributed by atoms with Crippen LogP contribution in [0, 0.1) is 12.3 Å². The molecule has 0 saturated heterocycles. The van der Waals surface area contributed by atoms with E-state index in [9.17, 15) is 4.79 Å². The van der Waals surface area contributed by atoms with Gasteiger partial charge >= 0.3 is 0 Å². The second kappa shape index (κ2) is 5.48. The molecular formula is C17H18N2OS2. The first kappa shape index (κ1) is 15.2. The van der Waals surface area contributed by atoms with Crippen molar-refractivity contribution in [3.63, 3.8) is 0 Å². The quantitative estimate of drug-likeness (QED) is 0.645. The number of aryl methyl sites for hydroxylation is 1. The maximum Gasteiger partial charge on any atom is 0.253 e. The molecule has 1 amide bonds. The second-order valence-electron chi connectivity index (χ2n) is 6.30. The number of amides is 1. The molecule has 0 aliphatic carbocycles. The summed E-state index contributed by atoms with van der Waals surface area (Å²) in [7, 11) is 0. The Morgan fingerprint density at radius 3 is 2.73 bits per heavy atom.